The molecule has 0 aliphatic carbocycles. The van der Waals surface area contributed by atoms with Crippen molar-refractivity contribution in [2.75, 3.05) is 6.61 Å². The van der Waals surface area contributed by atoms with Gasteiger partial charge in [0.15, 0.2) is 24.1 Å². The normalized spacial score (nSPS) is 27.9. The van der Waals surface area contributed by atoms with E-state index in [1.807, 2.05) is 0 Å². The molecule has 0 bridgehead atoms. The van der Waals surface area contributed by atoms with Gasteiger partial charge in [-0.25, -0.2) is 0 Å². The standard InChI is InChI=1S/C17H24O11/c1-7(18)13(23)15-17(27-11(5)22)16(26-10(4)21)14(25-9(3)20)12(28-15)6-24-8(2)19/h12-17,23H,6H2,1-5H3/t12-,13?,14-,15+,16+,17+/m1/s1. The van der Waals surface area contributed by atoms with Crippen LogP contribution in [-0.4, -0.2) is 78.0 Å². The summed E-state index contributed by atoms with van der Waals surface area (Å²) in [5, 5.41) is 10.2. The molecule has 1 aliphatic heterocycles. The number of carbonyl (C=O) groups is 5. The molecule has 0 amide bonds. The van der Waals surface area contributed by atoms with Crippen molar-refractivity contribution in [2.45, 2.75) is 71.2 Å². The number of hydrogen-bond donors (Lipinski definition) is 1. The van der Waals surface area contributed by atoms with Crippen LogP contribution in [0.5, 0.6) is 0 Å². The Morgan fingerprint density at radius 3 is 1.68 bits per heavy atom. The van der Waals surface area contributed by atoms with Crippen molar-refractivity contribution in [2.24, 2.45) is 0 Å². The lowest BCUT2D eigenvalue weighted by Gasteiger charge is -2.45. The molecule has 11 nitrogen and oxygen atoms in total. The van der Waals surface area contributed by atoms with Crippen LogP contribution in [0, 0.1) is 0 Å². The molecule has 1 fully saturated rings. The Labute approximate surface area is 161 Å². The van der Waals surface area contributed by atoms with Gasteiger partial charge in [-0.15, -0.1) is 0 Å². The van der Waals surface area contributed by atoms with Gasteiger partial charge in [0.1, 0.15) is 24.9 Å². The Morgan fingerprint density at radius 1 is 0.786 bits per heavy atom. The number of carbonyl (C=O) groups excluding carboxylic acids is 5. The van der Waals surface area contributed by atoms with E-state index in [2.05, 4.69) is 0 Å². The maximum atomic E-state index is 11.7. The van der Waals surface area contributed by atoms with Gasteiger partial charge in [-0.05, 0) is 6.92 Å². The lowest BCUT2D eigenvalue weighted by atomic mass is 9.90. The fourth-order valence-corrected chi connectivity index (χ4v) is 2.75. The molecule has 11 heteroatoms. The molecule has 1 unspecified atom stereocenters. The minimum atomic E-state index is -1.75. The average molecular weight is 404 g/mol. The van der Waals surface area contributed by atoms with Crippen LogP contribution in [0.4, 0.5) is 0 Å². The summed E-state index contributed by atoms with van der Waals surface area (Å²) in [5.74, 6) is -3.76. The highest BCUT2D eigenvalue weighted by atomic mass is 16.7. The quantitative estimate of drug-likeness (QED) is 0.413. The van der Waals surface area contributed by atoms with Crippen molar-refractivity contribution in [3.63, 3.8) is 0 Å². The van der Waals surface area contributed by atoms with Gasteiger partial charge in [-0.1, -0.05) is 0 Å². The number of rotatable bonds is 7. The monoisotopic (exact) mass is 404 g/mol. The molecule has 1 aliphatic rings. The second-order valence-electron chi connectivity index (χ2n) is 6.22. The smallest absolute Gasteiger partial charge is 0.303 e. The molecule has 1 heterocycles. The van der Waals surface area contributed by atoms with Crippen LogP contribution in [0.1, 0.15) is 34.6 Å². The summed E-state index contributed by atoms with van der Waals surface area (Å²) in [7, 11) is 0. The van der Waals surface area contributed by atoms with Gasteiger partial charge in [0.25, 0.3) is 0 Å². The predicted octanol–water partition coefficient (Wildman–Crippen LogP) is -0.938. The van der Waals surface area contributed by atoms with Crippen molar-refractivity contribution < 1.29 is 52.8 Å². The van der Waals surface area contributed by atoms with Crippen LogP contribution in [-0.2, 0) is 47.7 Å². The zero-order valence-corrected chi connectivity index (χ0v) is 16.2. The third-order valence-corrected chi connectivity index (χ3v) is 3.75. The van der Waals surface area contributed by atoms with E-state index in [-0.39, 0.29) is 0 Å². The van der Waals surface area contributed by atoms with Gasteiger partial charge < -0.3 is 28.8 Å². The van der Waals surface area contributed by atoms with Gasteiger partial charge in [0, 0.05) is 27.7 Å². The zero-order chi connectivity index (χ0) is 21.6. The number of ether oxygens (including phenoxy) is 5. The topological polar surface area (TPSA) is 152 Å². The van der Waals surface area contributed by atoms with Crippen LogP contribution in [0.2, 0.25) is 0 Å². The number of Topliss-reactive ketones (excluding diaryl/α,β-unsaturated/α-hetero) is 1. The van der Waals surface area contributed by atoms with E-state index in [4.69, 9.17) is 23.7 Å². The highest BCUT2D eigenvalue weighted by molar-refractivity contribution is 5.81. The maximum absolute atomic E-state index is 11.7. The van der Waals surface area contributed by atoms with Gasteiger partial charge in [0.05, 0.1) is 0 Å². The predicted molar refractivity (Wildman–Crippen MR) is 88.6 cm³/mol. The summed E-state index contributed by atoms with van der Waals surface area (Å²) in [6, 6.07) is 0. The Kier molecular flexibility index (Phi) is 8.51. The molecule has 1 rings (SSSR count). The van der Waals surface area contributed by atoms with Crippen molar-refractivity contribution in [3.05, 3.63) is 0 Å². The minimum absolute atomic E-state index is 0.432. The molecular formula is C17H24O11. The minimum Gasteiger partial charge on any atom is -0.463 e. The van der Waals surface area contributed by atoms with Crippen molar-refractivity contribution in [1.29, 1.82) is 0 Å². The second-order valence-corrected chi connectivity index (χ2v) is 6.22. The van der Waals surface area contributed by atoms with E-state index in [0.29, 0.717) is 0 Å². The van der Waals surface area contributed by atoms with Crippen molar-refractivity contribution in [1.82, 2.24) is 0 Å². The first kappa shape index (κ1) is 23.5. The summed E-state index contributed by atoms with van der Waals surface area (Å²) >= 11 is 0. The number of esters is 4. The Morgan fingerprint density at radius 2 is 1.25 bits per heavy atom. The van der Waals surface area contributed by atoms with Gasteiger partial charge in [-0.3, -0.25) is 24.0 Å². The molecule has 1 saturated heterocycles. The lowest BCUT2D eigenvalue weighted by molar-refractivity contribution is -0.263. The van der Waals surface area contributed by atoms with Gasteiger partial charge in [0.2, 0.25) is 0 Å². The SMILES string of the molecule is CC(=O)OC[C@H]1O[C@@H](C(O)C(C)=O)[C@H](OC(C)=O)[C@@H](OC(C)=O)[C@@H]1OC(C)=O. The van der Waals surface area contributed by atoms with E-state index in [0.717, 1.165) is 34.6 Å². The summed E-state index contributed by atoms with van der Waals surface area (Å²) in [5.41, 5.74) is 0. The third kappa shape index (κ3) is 6.57. The van der Waals surface area contributed by atoms with Crippen LogP contribution < -0.4 is 0 Å². The van der Waals surface area contributed by atoms with E-state index in [1.54, 1.807) is 0 Å². The van der Waals surface area contributed by atoms with Crippen LogP contribution in [0.15, 0.2) is 0 Å². The molecule has 0 saturated carbocycles. The number of hydrogen-bond acceptors (Lipinski definition) is 11. The molecule has 158 valence electrons. The Hall–Kier alpha value is -2.53. The maximum Gasteiger partial charge on any atom is 0.303 e. The molecule has 28 heavy (non-hydrogen) atoms. The largest absolute Gasteiger partial charge is 0.463 e. The molecule has 6 atom stereocenters. The molecule has 0 aromatic carbocycles. The van der Waals surface area contributed by atoms with Crippen LogP contribution >= 0.6 is 0 Å². The van der Waals surface area contributed by atoms with Gasteiger partial charge in [-0.2, -0.15) is 0 Å². The number of aliphatic hydroxyl groups excluding tert-OH is 1. The molecule has 1 N–H and O–H groups in total. The van der Waals surface area contributed by atoms with Gasteiger partial charge >= 0.3 is 23.9 Å². The molecular weight excluding hydrogens is 380 g/mol. The fourth-order valence-electron chi connectivity index (χ4n) is 2.75. The van der Waals surface area contributed by atoms with E-state index in [9.17, 15) is 29.1 Å². The summed E-state index contributed by atoms with van der Waals surface area (Å²) in [6.07, 6.45) is -8.63. The molecule has 0 aromatic heterocycles. The van der Waals surface area contributed by atoms with E-state index >= 15 is 0 Å². The summed E-state index contributed by atoms with van der Waals surface area (Å²) < 4.78 is 25.9. The Balaban J connectivity index is 3.39. The highest BCUT2D eigenvalue weighted by Crippen LogP contribution is 2.31. The lowest BCUT2D eigenvalue weighted by Crippen LogP contribution is -2.65. The average Bonchev–Trinajstić information content (AvgIpc) is 2.54. The fraction of sp³-hybridized carbons (Fsp3) is 0.706. The molecule has 0 aromatic rings. The van der Waals surface area contributed by atoms with E-state index in [1.165, 1.54) is 0 Å². The first-order chi connectivity index (χ1) is 12.9. The summed E-state index contributed by atoms with van der Waals surface area (Å²) in [4.78, 5) is 57.5. The third-order valence-electron chi connectivity index (χ3n) is 3.75. The second kappa shape index (κ2) is 10.1. The molecule has 0 spiro atoms. The first-order valence-corrected chi connectivity index (χ1v) is 8.43. The number of ketones is 1. The van der Waals surface area contributed by atoms with Crippen LogP contribution in [0.25, 0.3) is 0 Å². The highest BCUT2D eigenvalue weighted by Gasteiger charge is 2.54. The van der Waals surface area contributed by atoms with Crippen LogP contribution in [0.3, 0.4) is 0 Å². The van der Waals surface area contributed by atoms with Crippen molar-refractivity contribution >= 4 is 29.7 Å². The Bertz CT molecular complexity index is 629. The van der Waals surface area contributed by atoms with E-state index < -0.39 is 72.9 Å². The van der Waals surface area contributed by atoms with Crippen molar-refractivity contribution in [3.8, 4) is 0 Å². The summed E-state index contributed by atoms with van der Waals surface area (Å²) in [6.45, 7) is 5.01. The first-order valence-electron chi connectivity index (χ1n) is 8.43. The number of aliphatic hydroxyl groups is 1. The zero-order valence-electron chi connectivity index (χ0n) is 16.2. The molecule has 0 radical (unpaired) electrons.